The Morgan fingerprint density at radius 1 is 1.17 bits per heavy atom. The van der Waals surface area contributed by atoms with Crippen molar-refractivity contribution in [1.29, 1.82) is 0 Å². The largest absolute Gasteiger partial charge is 0.453 e. The van der Waals surface area contributed by atoms with E-state index in [-0.39, 0.29) is 9.35 Å². The van der Waals surface area contributed by atoms with E-state index in [0.29, 0.717) is 6.92 Å². The summed E-state index contributed by atoms with van der Waals surface area (Å²) in [4.78, 5) is 3.25. The number of rotatable bonds is 1. The Morgan fingerprint density at radius 3 is 2.28 bits per heavy atom. The second kappa shape index (κ2) is 4.00. The zero-order chi connectivity index (χ0) is 13.7. The molecule has 9 heteroatoms. The zero-order valence-corrected chi connectivity index (χ0v) is 10.9. The van der Waals surface area contributed by atoms with Crippen LogP contribution >= 0.6 is 22.6 Å². The lowest BCUT2D eigenvalue weighted by Gasteiger charge is -2.12. The molecule has 0 aliphatic rings. The first kappa shape index (κ1) is 13.4. The fourth-order valence-corrected chi connectivity index (χ4v) is 2.37. The number of fused-ring (bicyclic) bond motifs is 1. The molecule has 0 unspecified atom stereocenters. The highest BCUT2D eigenvalue weighted by Crippen LogP contribution is 2.32. The van der Waals surface area contributed by atoms with E-state index in [1.807, 2.05) is 0 Å². The van der Waals surface area contributed by atoms with E-state index in [9.17, 15) is 22.0 Å². The molecule has 2 aromatic rings. The Balaban J connectivity index is 2.69. The van der Waals surface area contributed by atoms with Gasteiger partial charge in [0, 0.05) is 6.92 Å². The number of halogens is 6. The predicted molar refractivity (Wildman–Crippen MR) is 60.3 cm³/mol. The van der Waals surface area contributed by atoms with Gasteiger partial charge in [0.05, 0.1) is 5.56 Å². The molecule has 18 heavy (non-hydrogen) atoms. The summed E-state index contributed by atoms with van der Waals surface area (Å²) in [5.74, 6) is -4.51. The van der Waals surface area contributed by atoms with Crippen LogP contribution in [0, 0.1) is 3.70 Å². The maximum absolute atomic E-state index is 13.2. The molecule has 0 saturated heterocycles. The van der Waals surface area contributed by atoms with Crippen LogP contribution in [-0.4, -0.2) is 14.6 Å². The van der Waals surface area contributed by atoms with Gasteiger partial charge < -0.3 is 0 Å². The Bertz CT molecular complexity index is 598. The normalized spacial score (nSPS) is 13.3. The summed E-state index contributed by atoms with van der Waals surface area (Å²) in [6.07, 6.45) is -4.70. The first-order chi connectivity index (χ1) is 8.10. The van der Waals surface area contributed by atoms with Gasteiger partial charge in [-0.15, -0.1) is 5.10 Å². The van der Waals surface area contributed by atoms with Crippen molar-refractivity contribution in [3.63, 3.8) is 0 Å². The molecule has 0 aliphatic carbocycles. The summed E-state index contributed by atoms with van der Waals surface area (Å²) in [7, 11) is 0. The summed E-state index contributed by atoms with van der Waals surface area (Å²) in [5.41, 5.74) is -0.519. The molecule has 0 amide bonds. The van der Waals surface area contributed by atoms with Crippen molar-refractivity contribution < 1.29 is 22.0 Å². The third-order valence-corrected chi connectivity index (χ3v) is 3.20. The van der Waals surface area contributed by atoms with Gasteiger partial charge in [-0.3, -0.25) is 0 Å². The summed E-state index contributed by atoms with van der Waals surface area (Å²) in [6.45, 7) is 0.665. The molecular formula is C9H5F5IN3. The van der Waals surface area contributed by atoms with Crippen molar-refractivity contribution in [2.75, 3.05) is 0 Å². The van der Waals surface area contributed by atoms with E-state index < -0.39 is 23.5 Å². The van der Waals surface area contributed by atoms with Crippen molar-refractivity contribution >= 4 is 28.2 Å². The lowest BCUT2D eigenvalue weighted by atomic mass is 10.2. The number of pyridine rings is 1. The Morgan fingerprint density at radius 2 is 1.78 bits per heavy atom. The second-order valence-corrected chi connectivity index (χ2v) is 4.65. The van der Waals surface area contributed by atoms with E-state index >= 15 is 0 Å². The third-order valence-electron chi connectivity index (χ3n) is 2.17. The van der Waals surface area contributed by atoms with Crippen LogP contribution in [-0.2, 0) is 12.1 Å². The van der Waals surface area contributed by atoms with Crippen LogP contribution in [0.1, 0.15) is 18.3 Å². The predicted octanol–water partition coefficient (Wildman–Crippen LogP) is 3.46. The second-order valence-electron chi connectivity index (χ2n) is 3.63. The van der Waals surface area contributed by atoms with Gasteiger partial charge in [-0.2, -0.15) is 13.2 Å². The molecule has 0 radical (unpaired) electrons. The smallest absolute Gasteiger partial charge is 0.207 e. The summed E-state index contributed by atoms with van der Waals surface area (Å²) >= 11 is 1.52. The monoisotopic (exact) mass is 377 g/mol. The lowest BCUT2D eigenvalue weighted by Crippen LogP contribution is -2.13. The molecular weight excluding hydrogens is 372 g/mol. The molecule has 0 bridgehead atoms. The first-order valence-electron chi connectivity index (χ1n) is 4.61. The van der Waals surface area contributed by atoms with Gasteiger partial charge in [0.25, 0.3) is 11.7 Å². The third kappa shape index (κ3) is 2.27. The highest BCUT2D eigenvalue weighted by molar-refractivity contribution is 14.1. The van der Waals surface area contributed by atoms with Crippen LogP contribution in [0.5, 0.6) is 0 Å². The van der Waals surface area contributed by atoms with Crippen LogP contribution in [0.3, 0.4) is 0 Å². The van der Waals surface area contributed by atoms with Crippen LogP contribution in [0.15, 0.2) is 12.1 Å². The van der Waals surface area contributed by atoms with Crippen LogP contribution in [0.4, 0.5) is 22.0 Å². The average Bonchev–Trinajstić information content (AvgIpc) is 2.59. The maximum atomic E-state index is 13.2. The van der Waals surface area contributed by atoms with Crippen LogP contribution < -0.4 is 0 Å². The first-order valence-corrected chi connectivity index (χ1v) is 5.69. The topological polar surface area (TPSA) is 30.2 Å². The molecule has 0 atom stereocenters. The Labute approximate surface area is 111 Å². The van der Waals surface area contributed by atoms with E-state index in [2.05, 4.69) is 10.1 Å². The van der Waals surface area contributed by atoms with Gasteiger partial charge in [-0.1, -0.05) is 0 Å². The fourth-order valence-electron chi connectivity index (χ4n) is 1.36. The molecule has 0 fully saturated rings. The van der Waals surface area contributed by atoms with Crippen molar-refractivity contribution in [3.8, 4) is 0 Å². The minimum atomic E-state index is -4.70. The van der Waals surface area contributed by atoms with Gasteiger partial charge >= 0.3 is 6.18 Å². The number of alkyl halides is 5. The zero-order valence-electron chi connectivity index (χ0n) is 8.76. The number of aromatic nitrogens is 3. The number of hydrogen-bond donors (Lipinski definition) is 0. The van der Waals surface area contributed by atoms with E-state index in [0.717, 1.165) is 16.6 Å². The lowest BCUT2D eigenvalue weighted by molar-refractivity contribution is -0.144. The summed E-state index contributed by atoms with van der Waals surface area (Å²) in [5, 5.41) is 3.20. The quantitative estimate of drug-likeness (QED) is 0.433. The molecule has 0 spiro atoms. The van der Waals surface area contributed by atoms with E-state index in [1.165, 1.54) is 22.6 Å². The van der Waals surface area contributed by atoms with Crippen LogP contribution in [0.2, 0.25) is 0 Å². The number of nitrogens with zero attached hydrogens (tertiary/aromatic N) is 3. The minimum absolute atomic E-state index is 0.0967. The molecule has 3 nitrogen and oxygen atoms in total. The highest BCUT2D eigenvalue weighted by Gasteiger charge is 2.37. The van der Waals surface area contributed by atoms with Crippen molar-refractivity contribution in [1.82, 2.24) is 14.6 Å². The fraction of sp³-hybridized carbons (Fsp3) is 0.333. The van der Waals surface area contributed by atoms with Gasteiger partial charge in [0.2, 0.25) is 0 Å². The molecule has 2 aromatic heterocycles. The molecule has 0 N–H and O–H groups in total. The van der Waals surface area contributed by atoms with Gasteiger partial charge in [0.15, 0.2) is 5.65 Å². The molecule has 2 rings (SSSR count). The van der Waals surface area contributed by atoms with Crippen LogP contribution in [0.25, 0.3) is 5.65 Å². The highest BCUT2D eigenvalue weighted by atomic mass is 127. The average molecular weight is 377 g/mol. The Hall–Kier alpha value is -1.00. The molecule has 2 heterocycles. The van der Waals surface area contributed by atoms with Crippen molar-refractivity contribution in [2.45, 2.75) is 19.0 Å². The van der Waals surface area contributed by atoms with E-state index in [4.69, 9.17) is 0 Å². The molecule has 98 valence electrons. The van der Waals surface area contributed by atoms with Gasteiger partial charge in [0.1, 0.15) is 3.70 Å². The van der Waals surface area contributed by atoms with Gasteiger partial charge in [-0.05, 0) is 34.7 Å². The number of hydrogen-bond acceptors (Lipinski definition) is 2. The summed E-state index contributed by atoms with van der Waals surface area (Å²) < 4.78 is 64.3. The molecule has 0 aromatic carbocycles. The molecule has 0 aliphatic heterocycles. The standard InChI is InChI=1S/C9H5F5IN3/c1-8(10,11)4-2-3-5-16-7(9(12,13)14)17-18(5)6(4)15/h2-3H,1H3. The minimum Gasteiger partial charge on any atom is -0.207 e. The SMILES string of the molecule is CC(F)(F)c1ccc2nc(C(F)(F)F)nn2c1I. The van der Waals surface area contributed by atoms with Gasteiger partial charge in [-0.25, -0.2) is 18.3 Å². The Kier molecular flexibility index (Phi) is 2.98. The maximum Gasteiger partial charge on any atom is 0.453 e. The van der Waals surface area contributed by atoms with Crippen molar-refractivity contribution in [3.05, 3.63) is 27.2 Å². The van der Waals surface area contributed by atoms with E-state index in [1.54, 1.807) is 0 Å². The molecule has 0 saturated carbocycles. The van der Waals surface area contributed by atoms with Crippen molar-refractivity contribution in [2.24, 2.45) is 0 Å². The summed E-state index contributed by atoms with van der Waals surface area (Å²) in [6, 6.07) is 2.13.